The number of aliphatic hydroxyl groups excluding tert-OH is 5. The molecule has 2 bridgehead atoms. The number of benzene rings is 3. The second kappa shape index (κ2) is 17.8. The van der Waals surface area contributed by atoms with Gasteiger partial charge >= 0.3 is 0 Å². The van der Waals surface area contributed by atoms with Gasteiger partial charge in [-0.2, -0.15) is 0 Å². The second-order valence-electron chi connectivity index (χ2n) is 17.5. The number of aldehydes is 1. The van der Waals surface area contributed by atoms with Gasteiger partial charge in [0.2, 0.25) is 12.2 Å². The number of nitrogens with two attached hydrogens (primary N) is 1. The van der Waals surface area contributed by atoms with Gasteiger partial charge in [0.25, 0.3) is 0 Å². The zero-order valence-electron chi connectivity index (χ0n) is 35.3. The zero-order chi connectivity index (χ0) is 45.8. The van der Waals surface area contributed by atoms with Crippen molar-refractivity contribution in [2.75, 3.05) is 24.8 Å². The Balaban J connectivity index is 1.32. The fourth-order valence-electron chi connectivity index (χ4n) is 10.3. The summed E-state index contributed by atoms with van der Waals surface area (Å²) in [5.74, 6) is -3.28. The predicted molar refractivity (Wildman–Crippen MR) is 227 cm³/mol. The van der Waals surface area contributed by atoms with Gasteiger partial charge in [0.1, 0.15) is 55.3 Å². The summed E-state index contributed by atoms with van der Waals surface area (Å²) in [6, 6.07) is 12.4. The first-order valence-electron chi connectivity index (χ1n) is 21.9. The molecule has 4 aliphatic heterocycles. The topological polar surface area (TPSA) is 292 Å². The van der Waals surface area contributed by atoms with Gasteiger partial charge in [-0.15, -0.1) is 0 Å². The molecule has 0 unspecified atom stereocenters. The highest BCUT2D eigenvalue weighted by Gasteiger charge is 2.62. The Morgan fingerprint density at radius 3 is 2.52 bits per heavy atom. The van der Waals surface area contributed by atoms with Crippen LogP contribution in [0.25, 0.3) is 0 Å². The first kappa shape index (κ1) is 44.9. The number of aliphatic hydroxyl groups is 6. The third-order valence-electron chi connectivity index (χ3n) is 13.6. The van der Waals surface area contributed by atoms with Crippen molar-refractivity contribution < 1.29 is 68.8 Å². The molecule has 6 aliphatic rings. The minimum Gasteiger partial charge on any atom is -0.492 e. The van der Waals surface area contributed by atoms with E-state index in [1.165, 1.54) is 30.5 Å². The predicted octanol–water partition coefficient (Wildman–Crippen LogP) is -0.376. The molecule has 2 aliphatic carbocycles. The Labute approximate surface area is 373 Å². The second-order valence-corrected chi connectivity index (χ2v) is 17.5. The number of rotatable bonds is 10. The number of nitrogens with zero attached hydrogens (tertiary/aromatic N) is 1. The van der Waals surface area contributed by atoms with Gasteiger partial charge in [0.15, 0.2) is 28.7 Å². The van der Waals surface area contributed by atoms with Crippen LogP contribution in [0.3, 0.4) is 0 Å². The molecule has 19 nitrogen and oxygen atoms in total. The van der Waals surface area contributed by atoms with Gasteiger partial charge in [0.05, 0.1) is 31.2 Å². The molecule has 1 spiro atoms. The molecular weight excluding hydrogens is 847 g/mol. The van der Waals surface area contributed by atoms with Gasteiger partial charge in [0, 0.05) is 53.3 Å². The van der Waals surface area contributed by atoms with Gasteiger partial charge in [-0.05, 0) is 67.2 Å². The van der Waals surface area contributed by atoms with Crippen LogP contribution in [0.15, 0.2) is 60.9 Å². The van der Waals surface area contributed by atoms with Crippen LogP contribution in [0.4, 0.5) is 5.69 Å². The Bertz CT molecular complexity index is 2390. The first-order chi connectivity index (χ1) is 31.3. The smallest absolute Gasteiger partial charge is 0.242 e. The number of ether oxygens (including phenoxy) is 4. The van der Waals surface area contributed by atoms with Crippen LogP contribution >= 0.6 is 0 Å². The molecule has 1 saturated carbocycles. The number of nitrogens with one attached hydrogen (secondary N) is 3. The van der Waals surface area contributed by atoms with Crippen LogP contribution in [0.2, 0.25) is 0 Å². The summed E-state index contributed by atoms with van der Waals surface area (Å²) < 4.78 is 26.5. The average molecular weight is 900 g/mol. The maximum Gasteiger partial charge on any atom is 0.242 e. The minimum atomic E-state index is -2.51. The number of anilines is 1. The van der Waals surface area contributed by atoms with E-state index < -0.39 is 104 Å². The standard InChI is InChI=1S/C46H53N5O14/c47-44-49-41-33(42(60)50-44)48-22-51(41)31-7-3-2-6-26(31)25-11-17-63-45(12-4-1-5-13-45)40-36(58)39(59)46(61,14-16-53)43(65-40)64-37-29(25)19-30-32(38(37)62-21-24(55)10-15-52)35(57)28-18-23(20-54)8-9-27(28)34(30)56/h2-3,6-9,11,15,17-19,24-25,33,36,39-41,43-44,48-49,53-55,58-59,61H,1,4-5,10,12-14,16,20-22,47H2,(H,50,60)/b17-11+/t24-,25+,33-,36-,39-,40-,41-,43+,44-,46+/m1/s1. The number of allylic oxidation sites excluding steroid dienone is 1. The number of hydrogen-bond acceptors (Lipinski definition) is 18. The van der Waals surface area contributed by atoms with Gasteiger partial charge in [-0.25, -0.2) is 0 Å². The van der Waals surface area contributed by atoms with Crippen LogP contribution in [-0.4, -0.2) is 135 Å². The fourth-order valence-corrected chi connectivity index (χ4v) is 10.3. The summed E-state index contributed by atoms with van der Waals surface area (Å²) in [7, 11) is 0. The lowest BCUT2D eigenvalue weighted by atomic mass is 9.73. The van der Waals surface area contributed by atoms with Gasteiger partial charge in [-0.1, -0.05) is 30.7 Å². The number of carbonyl (C=O) groups is 4. The Morgan fingerprint density at radius 2 is 1.77 bits per heavy atom. The molecule has 0 aromatic heterocycles. The molecule has 4 heterocycles. The van der Waals surface area contributed by atoms with E-state index in [2.05, 4.69) is 16.0 Å². The summed E-state index contributed by atoms with van der Waals surface area (Å²) in [4.78, 5) is 56.2. The molecule has 346 valence electrons. The molecule has 3 saturated heterocycles. The number of carbonyl (C=O) groups excluding carboxylic acids is 4. The molecule has 19 heteroatoms. The largest absolute Gasteiger partial charge is 0.492 e. The van der Waals surface area contributed by atoms with E-state index >= 15 is 0 Å². The average Bonchev–Trinajstić information content (AvgIpc) is 3.72. The molecule has 1 amide bonds. The highest BCUT2D eigenvalue weighted by atomic mass is 16.7. The highest BCUT2D eigenvalue weighted by Crippen LogP contribution is 2.52. The van der Waals surface area contributed by atoms with E-state index in [1.54, 1.807) is 18.2 Å². The summed E-state index contributed by atoms with van der Waals surface area (Å²) in [6.45, 7) is -1.53. The lowest BCUT2D eigenvalue weighted by Crippen LogP contribution is -2.72. The van der Waals surface area contributed by atoms with Crippen LogP contribution in [-0.2, 0) is 25.7 Å². The van der Waals surface area contributed by atoms with E-state index in [1.807, 2.05) is 17.0 Å². The van der Waals surface area contributed by atoms with Crippen LogP contribution in [0, 0.1) is 0 Å². The number of ketones is 2. The van der Waals surface area contributed by atoms with Crippen LogP contribution in [0.1, 0.15) is 99.4 Å². The van der Waals surface area contributed by atoms with Crippen molar-refractivity contribution >= 4 is 29.4 Å². The van der Waals surface area contributed by atoms with Gasteiger partial charge in [-0.3, -0.25) is 30.8 Å². The minimum absolute atomic E-state index is 0.0410. The molecule has 0 radical (unpaired) electrons. The SMILES string of the molecule is N[C@H]1NC(=O)[C@@H]2NCN(c3ccccc3[C@@H]3/C=C/OC4(CCCCC4)[C@@H]4O[C@H](Oc5c3cc3c(c5OC[C@H](O)CC=O)C(=O)c5cc(CO)ccc5C3=O)[C@](O)(CCO)[C@H](O)[C@H]4O)[C@H]2N1. The van der Waals surface area contributed by atoms with E-state index in [0.29, 0.717) is 48.8 Å². The Hall–Kier alpha value is -5.32. The molecular formula is C46H53N5O14. The maximum absolute atomic E-state index is 14.9. The van der Waals surface area contributed by atoms with E-state index in [9.17, 15) is 49.8 Å². The molecule has 10 atom stereocenters. The number of hydrogen-bond donors (Lipinski definition) is 10. The number of amides is 1. The van der Waals surface area contributed by atoms with Crippen LogP contribution in [0.5, 0.6) is 11.5 Å². The molecule has 11 N–H and O–H groups in total. The molecule has 3 aromatic carbocycles. The maximum atomic E-state index is 14.9. The fraction of sp³-hybridized carbons (Fsp3) is 0.478. The summed E-state index contributed by atoms with van der Waals surface area (Å²) in [5.41, 5.74) is 3.62. The van der Waals surface area contributed by atoms with Crippen molar-refractivity contribution in [3.05, 3.63) is 99.8 Å². The van der Waals surface area contributed by atoms with Crippen molar-refractivity contribution in [1.29, 1.82) is 0 Å². The molecule has 9 rings (SSSR count). The highest BCUT2D eigenvalue weighted by molar-refractivity contribution is 6.29. The monoisotopic (exact) mass is 899 g/mol. The van der Waals surface area contributed by atoms with Gasteiger partial charge < -0.3 is 64.6 Å². The Morgan fingerprint density at radius 1 is 0.985 bits per heavy atom. The molecule has 3 aromatic rings. The third kappa shape index (κ3) is 7.68. The normalized spacial score (nSPS) is 31.2. The summed E-state index contributed by atoms with van der Waals surface area (Å²) >= 11 is 0. The number of para-hydroxylation sites is 1. The van der Waals surface area contributed by atoms with Crippen molar-refractivity contribution in [1.82, 2.24) is 16.0 Å². The summed E-state index contributed by atoms with van der Waals surface area (Å²) in [5, 5.41) is 76.5. The third-order valence-corrected chi connectivity index (χ3v) is 13.6. The molecule has 4 fully saturated rings. The van der Waals surface area contributed by atoms with E-state index in [0.717, 1.165) is 6.42 Å². The number of fused-ring (bicyclic) bond motifs is 7. The van der Waals surface area contributed by atoms with Crippen molar-refractivity contribution in [2.45, 2.75) is 118 Å². The summed E-state index contributed by atoms with van der Waals surface area (Å²) in [6.07, 6.45) is -4.18. The van der Waals surface area contributed by atoms with Crippen LogP contribution < -0.4 is 36.1 Å². The lowest BCUT2D eigenvalue weighted by molar-refractivity contribution is -0.345. The molecule has 65 heavy (non-hydrogen) atoms. The van der Waals surface area contributed by atoms with Crippen molar-refractivity contribution in [3.63, 3.8) is 0 Å². The Kier molecular flexibility index (Phi) is 12.3. The van der Waals surface area contributed by atoms with E-state index in [4.69, 9.17) is 24.7 Å². The zero-order valence-corrected chi connectivity index (χ0v) is 35.3. The quantitative estimate of drug-likeness (QED) is 0.0908. The first-order valence-corrected chi connectivity index (χ1v) is 21.9. The lowest BCUT2D eigenvalue weighted by Gasteiger charge is -2.53. The van der Waals surface area contributed by atoms with E-state index in [-0.39, 0.29) is 58.3 Å². The van der Waals surface area contributed by atoms with Crippen molar-refractivity contribution in [2.24, 2.45) is 5.73 Å². The van der Waals surface area contributed by atoms with Crippen molar-refractivity contribution in [3.8, 4) is 11.5 Å².